The zero-order valence-electron chi connectivity index (χ0n) is 13.2. The topological polar surface area (TPSA) is 58.4 Å². The molecule has 22 heavy (non-hydrogen) atoms. The molecule has 0 unspecified atom stereocenters. The molecule has 0 aliphatic carbocycles. The third kappa shape index (κ3) is 3.63. The van der Waals surface area contributed by atoms with Crippen LogP contribution in [-0.2, 0) is 6.54 Å². The van der Waals surface area contributed by atoms with Gasteiger partial charge in [-0.1, -0.05) is 17.3 Å². The van der Waals surface area contributed by atoms with Crippen molar-refractivity contribution in [1.29, 1.82) is 0 Å². The van der Waals surface area contributed by atoms with E-state index in [9.17, 15) is 9.18 Å². The number of halogens is 1. The predicted octanol–water partition coefficient (Wildman–Crippen LogP) is 3.33. The summed E-state index contributed by atoms with van der Waals surface area (Å²) < 4.78 is 18.3. The molecular formula is C16H20FN3O2. The van der Waals surface area contributed by atoms with Crippen molar-refractivity contribution < 1.29 is 13.7 Å². The van der Waals surface area contributed by atoms with Crippen LogP contribution in [0.3, 0.4) is 0 Å². The standard InChI is InChI=1S/C16H20FN3O2/c1-10(13-6-5-7-14(17)8-13)18-16(21)20(4)9-15-11(2)19-22-12(15)3/h5-8,10H,9H2,1-4H3,(H,18,21)/t10-/m0/s1. The number of carbonyl (C=O) groups is 1. The van der Waals surface area contributed by atoms with Crippen LogP contribution in [0.1, 0.15) is 35.5 Å². The van der Waals surface area contributed by atoms with Crippen LogP contribution in [0, 0.1) is 19.7 Å². The van der Waals surface area contributed by atoms with Gasteiger partial charge in [-0.3, -0.25) is 0 Å². The van der Waals surface area contributed by atoms with Crippen LogP contribution in [0.2, 0.25) is 0 Å². The van der Waals surface area contributed by atoms with E-state index in [2.05, 4.69) is 10.5 Å². The second-order valence-corrected chi connectivity index (χ2v) is 5.38. The van der Waals surface area contributed by atoms with Crippen LogP contribution in [0.4, 0.5) is 9.18 Å². The largest absolute Gasteiger partial charge is 0.361 e. The van der Waals surface area contributed by atoms with Crippen LogP contribution in [-0.4, -0.2) is 23.1 Å². The number of hydrogen-bond acceptors (Lipinski definition) is 3. The minimum absolute atomic E-state index is 0.239. The Hall–Kier alpha value is -2.37. The molecule has 1 heterocycles. The smallest absolute Gasteiger partial charge is 0.317 e. The van der Waals surface area contributed by atoms with E-state index in [1.54, 1.807) is 24.1 Å². The van der Waals surface area contributed by atoms with E-state index in [0.717, 1.165) is 16.8 Å². The molecule has 0 aliphatic rings. The van der Waals surface area contributed by atoms with Gasteiger partial charge in [0.05, 0.1) is 18.3 Å². The maximum absolute atomic E-state index is 13.2. The van der Waals surface area contributed by atoms with Crippen molar-refractivity contribution in [3.8, 4) is 0 Å². The number of nitrogens with zero attached hydrogens (tertiary/aromatic N) is 2. The maximum Gasteiger partial charge on any atom is 0.317 e. The molecule has 0 fully saturated rings. The zero-order chi connectivity index (χ0) is 16.3. The first-order valence-electron chi connectivity index (χ1n) is 7.07. The number of hydrogen-bond donors (Lipinski definition) is 1. The van der Waals surface area contributed by atoms with E-state index in [0.29, 0.717) is 12.3 Å². The molecule has 1 aromatic carbocycles. The van der Waals surface area contributed by atoms with Gasteiger partial charge in [0, 0.05) is 12.6 Å². The van der Waals surface area contributed by atoms with Gasteiger partial charge in [0.2, 0.25) is 0 Å². The van der Waals surface area contributed by atoms with Gasteiger partial charge in [0.15, 0.2) is 0 Å². The van der Waals surface area contributed by atoms with Crippen LogP contribution in [0.15, 0.2) is 28.8 Å². The normalized spacial score (nSPS) is 12.0. The molecule has 0 radical (unpaired) electrons. The Labute approximate surface area is 129 Å². The lowest BCUT2D eigenvalue weighted by atomic mass is 10.1. The van der Waals surface area contributed by atoms with Gasteiger partial charge in [-0.15, -0.1) is 0 Å². The fourth-order valence-corrected chi connectivity index (χ4v) is 2.19. The summed E-state index contributed by atoms with van der Waals surface area (Å²) in [7, 11) is 1.69. The van der Waals surface area contributed by atoms with Crippen LogP contribution in [0.25, 0.3) is 0 Å². The van der Waals surface area contributed by atoms with Gasteiger partial charge >= 0.3 is 6.03 Å². The SMILES string of the molecule is Cc1noc(C)c1CN(C)C(=O)N[C@@H](C)c1cccc(F)c1. The molecule has 0 saturated carbocycles. The number of benzene rings is 1. The van der Waals surface area contributed by atoms with E-state index in [1.165, 1.54) is 12.1 Å². The van der Waals surface area contributed by atoms with E-state index >= 15 is 0 Å². The quantitative estimate of drug-likeness (QED) is 0.942. The number of urea groups is 1. The molecule has 5 nitrogen and oxygen atoms in total. The molecule has 0 spiro atoms. The third-order valence-electron chi connectivity index (χ3n) is 3.61. The summed E-state index contributed by atoms with van der Waals surface area (Å²) in [6.07, 6.45) is 0. The minimum atomic E-state index is -0.317. The van der Waals surface area contributed by atoms with Crippen LogP contribution < -0.4 is 5.32 Å². The van der Waals surface area contributed by atoms with Crippen molar-refractivity contribution in [3.05, 3.63) is 52.7 Å². The summed E-state index contributed by atoms with van der Waals surface area (Å²) >= 11 is 0. The zero-order valence-corrected chi connectivity index (χ0v) is 13.2. The number of amides is 2. The maximum atomic E-state index is 13.2. The van der Waals surface area contributed by atoms with E-state index in [-0.39, 0.29) is 17.9 Å². The number of nitrogens with one attached hydrogen (secondary N) is 1. The Morgan fingerprint density at radius 2 is 2.18 bits per heavy atom. The monoisotopic (exact) mass is 305 g/mol. The number of aryl methyl sites for hydroxylation is 2. The van der Waals surface area contributed by atoms with Gasteiger partial charge in [0.25, 0.3) is 0 Å². The molecule has 118 valence electrons. The second kappa shape index (κ2) is 6.60. The molecule has 2 rings (SSSR count). The fourth-order valence-electron chi connectivity index (χ4n) is 2.19. The molecule has 2 amide bonds. The van der Waals surface area contributed by atoms with E-state index in [1.807, 2.05) is 20.8 Å². The number of aromatic nitrogens is 1. The van der Waals surface area contributed by atoms with Gasteiger partial charge in [-0.05, 0) is 38.5 Å². The highest BCUT2D eigenvalue weighted by Gasteiger charge is 2.17. The molecule has 6 heteroatoms. The molecule has 1 atom stereocenters. The first kappa shape index (κ1) is 16.0. The summed E-state index contributed by atoms with van der Waals surface area (Å²) in [6, 6.07) is 5.68. The second-order valence-electron chi connectivity index (χ2n) is 5.38. The lowest BCUT2D eigenvalue weighted by molar-refractivity contribution is 0.203. The van der Waals surface area contributed by atoms with Crippen LogP contribution in [0.5, 0.6) is 0 Å². The third-order valence-corrected chi connectivity index (χ3v) is 3.61. The Bertz CT molecular complexity index is 650. The lowest BCUT2D eigenvalue weighted by Gasteiger charge is -2.21. The number of rotatable bonds is 4. The highest BCUT2D eigenvalue weighted by molar-refractivity contribution is 5.74. The van der Waals surface area contributed by atoms with E-state index in [4.69, 9.17) is 4.52 Å². The molecule has 2 aromatic rings. The average molecular weight is 305 g/mol. The summed E-state index contributed by atoms with van der Waals surface area (Å²) in [4.78, 5) is 13.8. The molecule has 0 bridgehead atoms. The van der Waals surface area contributed by atoms with Crippen molar-refractivity contribution >= 4 is 6.03 Å². The van der Waals surface area contributed by atoms with Crippen LogP contribution >= 0.6 is 0 Å². The summed E-state index contributed by atoms with van der Waals surface area (Å²) in [5.41, 5.74) is 2.39. The van der Waals surface area contributed by atoms with Gasteiger partial charge in [0.1, 0.15) is 11.6 Å². The average Bonchev–Trinajstić information content (AvgIpc) is 2.79. The van der Waals surface area contributed by atoms with E-state index < -0.39 is 0 Å². The Kier molecular flexibility index (Phi) is 4.80. The summed E-state index contributed by atoms with van der Waals surface area (Å²) in [6.45, 7) is 5.88. The van der Waals surface area contributed by atoms with Gasteiger partial charge < -0.3 is 14.7 Å². The van der Waals surface area contributed by atoms with Gasteiger partial charge in [-0.25, -0.2) is 9.18 Å². The fraction of sp³-hybridized carbons (Fsp3) is 0.375. The Balaban J connectivity index is 1.99. The molecule has 1 aromatic heterocycles. The van der Waals surface area contributed by atoms with Crippen molar-refractivity contribution in [2.75, 3.05) is 7.05 Å². The van der Waals surface area contributed by atoms with Crippen molar-refractivity contribution in [1.82, 2.24) is 15.4 Å². The summed E-state index contributed by atoms with van der Waals surface area (Å²) in [5.74, 6) is 0.387. The Morgan fingerprint density at radius 1 is 1.45 bits per heavy atom. The van der Waals surface area contributed by atoms with Crippen molar-refractivity contribution in [2.24, 2.45) is 0 Å². The van der Waals surface area contributed by atoms with Gasteiger partial charge in [-0.2, -0.15) is 0 Å². The summed E-state index contributed by atoms with van der Waals surface area (Å²) in [5, 5.41) is 6.72. The molecule has 0 aliphatic heterocycles. The molecule has 0 saturated heterocycles. The van der Waals surface area contributed by atoms with Crippen molar-refractivity contribution in [2.45, 2.75) is 33.4 Å². The van der Waals surface area contributed by atoms with Crippen molar-refractivity contribution in [3.63, 3.8) is 0 Å². The minimum Gasteiger partial charge on any atom is -0.361 e. The molecular weight excluding hydrogens is 285 g/mol. The predicted molar refractivity (Wildman–Crippen MR) is 80.8 cm³/mol. The Morgan fingerprint density at radius 3 is 2.77 bits per heavy atom. The molecule has 1 N–H and O–H groups in total. The number of carbonyl (C=O) groups excluding carboxylic acids is 1. The first-order chi connectivity index (χ1) is 10.4. The first-order valence-corrected chi connectivity index (χ1v) is 7.07. The highest BCUT2D eigenvalue weighted by Crippen LogP contribution is 2.16. The highest BCUT2D eigenvalue weighted by atomic mass is 19.1. The lowest BCUT2D eigenvalue weighted by Crippen LogP contribution is -2.38.